The normalized spacial score (nSPS) is 21.7. The molecule has 1 N–H and O–H groups in total. The predicted molar refractivity (Wildman–Crippen MR) is 64.0 cm³/mol. The van der Waals surface area contributed by atoms with E-state index in [1.807, 2.05) is 0 Å². The van der Waals surface area contributed by atoms with Crippen molar-refractivity contribution < 1.29 is 5.11 Å². The van der Waals surface area contributed by atoms with Crippen molar-refractivity contribution in [2.24, 2.45) is 5.41 Å². The summed E-state index contributed by atoms with van der Waals surface area (Å²) in [6.45, 7) is 11.2. The van der Waals surface area contributed by atoms with Gasteiger partial charge in [0.1, 0.15) is 0 Å². The van der Waals surface area contributed by atoms with Gasteiger partial charge in [-0.2, -0.15) is 5.26 Å². The zero-order chi connectivity index (χ0) is 12.2. The van der Waals surface area contributed by atoms with Crippen LogP contribution in [-0.2, 0) is 0 Å². The van der Waals surface area contributed by atoms with E-state index >= 15 is 0 Å². The molecule has 0 saturated carbocycles. The first-order valence-corrected chi connectivity index (χ1v) is 5.93. The summed E-state index contributed by atoms with van der Waals surface area (Å²) < 4.78 is 0. The maximum absolute atomic E-state index is 10.00. The zero-order valence-corrected chi connectivity index (χ0v) is 10.6. The van der Waals surface area contributed by atoms with Gasteiger partial charge >= 0.3 is 0 Å². The average Bonchev–Trinajstić information content (AvgIpc) is 2.20. The Bertz CT molecular complexity index is 246. The van der Waals surface area contributed by atoms with Crippen LogP contribution in [0, 0.1) is 16.7 Å². The molecule has 16 heavy (non-hydrogen) atoms. The molecule has 1 atom stereocenters. The summed E-state index contributed by atoms with van der Waals surface area (Å²) in [6.07, 6.45) is -0.282. The Balaban J connectivity index is 2.30. The zero-order valence-electron chi connectivity index (χ0n) is 10.6. The van der Waals surface area contributed by atoms with Crippen molar-refractivity contribution >= 4 is 0 Å². The Labute approximate surface area is 98.5 Å². The predicted octanol–water partition coefficient (Wildman–Crippen LogP) is 0.535. The first kappa shape index (κ1) is 13.4. The van der Waals surface area contributed by atoms with Crippen LogP contribution >= 0.6 is 0 Å². The monoisotopic (exact) mass is 225 g/mol. The summed E-state index contributed by atoms with van der Waals surface area (Å²) >= 11 is 0. The maximum atomic E-state index is 10.00. The molecule has 0 aliphatic carbocycles. The van der Waals surface area contributed by atoms with E-state index in [-0.39, 0.29) is 11.5 Å². The highest BCUT2D eigenvalue weighted by Gasteiger charge is 2.26. The van der Waals surface area contributed by atoms with Crippen molar-refractivity contribution in [3.63, 3.8) is 0 Å². The highest BCUT2D eigenvalue weighted by Crippen LogP contribution is 2.20. The number of hydrogen-bond acceptors (Lipinski definition) is 4. The number of hydrogen-bond donors (Lipinski definition) is 1. The molecule has 1 unspecified atom stereocenters. The molecule has 0 amide bonds. The molecule has 4 nitrogen and oxygen atoms in total. The van der Waals surface area contributed by atoms with Crippen molar-refractivity contribution in [1.82, 2.24) is 9.80 Å². The van der Waals surface area contributed by atoms with E-state index in [2.05, 4.69) is 36.6 Å². The summed E-state index contributed by atoms with van der Waals surface area (Å²) in [6, 6.07) is 2.18. The van der Waals surface area contributed by atoms with Crippen molar-refractivity contribution in [2.75, 3.05) is 39.3 Å². The van der Waals surface area contributed by atoms with Crippen molar-refractivity contribution in [2.45, 2.75) is 26.9 Å². The van der Waals surface area contributed by atoms with Gasteiger partial charge in [0, 0.05) is 32.7 Å². The second-order valence-electron chi connectivity index (χ2n) is 5.62. The van der Waals surface area contributed by atoms with Crippen LogP contribution in [0.5, 0.6) is 0 Å². The van der Waals surface area contributed by atoms with Crippen LogP contribution in [0.3, 0.4) is 0 Å². The molecule has 0 aromatic heterocycles. The molecule has 4 heteroatoms. The number of rotatable bonds is 3. The lowest BCUT2D eigenvalue weighted by Crippen LogP contribution is -2.50. The van der Waals surface area contributed by atoms with E-state index in [0.29, 0.717) is 6.54 Å². The lowest BCUT2D eigenvalue weighted by atomic mass is 9.89. The van der Waals surface area contributed by atoms with Gasteiger partial charge in [0.25, 0.3) is 0 Å². The van der Waals surface area contributed by atoms with E-state index < -0.39 is 0 Å². The fraction of sp³-hybridized carbons (Fsp3) is 0.917. The largest absolute Gasteiger partial charge is 0.391 e. The topological polar surface area (TPSA) is 50.5 Å². The number of aliphatic hydroxyl groups is 1. The number of aliphatic hydroxyl groups excluding tert-OH is 1. The summed E-state index contributed by atoms with van der Waals surface area (Å²) in [4.78, 5) is 4.43. The third-order valence-electron chi connectivity index (χ3n) is 3.19. The highest BCUT2D eigenvalue weighted by molar-refractivity contribution is 4.83. The van der Waals surface area contributed by atoms with Gasteiger partial charge in [0.05, 0.1) is 18.7 Å². The standard InChI is InChI=1S/C12H23N3O/c1-12(2,3)11(16)10-15-8-6-14(5-4-13)7-9-15/h11,16H,5-10H2,1-3H3. The lowest BCUT2D eigenvalue weighted by Gasteiger charge is -2.37. The number of piperazine rings is 1. The minimum absolute atomic E-state index is 0.0518. The second kappa shape index (κ2) is 5.62. The molecule has 1 aliphatic rings. The van der Waals surface area contributed by atoms with E-state index in [9.17, 15) is 5.11 Å². The first-order chi connectivity index (χ1) is 7.43. The highest BCUT2D eigenvalue weighted by atomic mass is 16.3. The van der Waals surface area contributed by atoms with Crippen LogP contribution in [0.15, 0.2) is 0 Å². The Kier molecular flexibility index (Phi) is 4.72. The molecule has 1 fully saturated rings. The van der Waals surface area contributed by atoms with Crippen molar-refractivity contribution in [3.05, 3.63) is 0 Å². The first-order valence-electron chi connectivity index (χ1n) is 5.93. The van der Waals surface area contributed by atoms with Crippen LogP contribution in [0.2, 0.25) is 0 Å². The minimum atomic E-state index is -0.282. The molecule has 92 valence electrons. The van der Waals surface area contributed by atoms with E-state index in [1.165, 1.54) is 0 Å². The minimum Gasteiger partial charge on any atom is -0.391 e. The van der Waals surface area contributed by atoms with Gasteiger partial charge in [0.15, 0.2) is 0 Å². The van der Waals surface area contributed by atoms with Crippen LogP contribution in [0.1, 0.15) is 20.8 Å². The molecular weight excluding hydrogens is 202 g/mol. The Morgan fingerprint density at radius 2 is 1.69 bits per heavy atom. The van der Waals surface area contributed by atoms with Gasteiger partial charge in [-0.15, -0.1) is 0 Å². The van der Waals surface area contributed by atoms with Gasteiger partial charge in [0.2, 0.25) is 0 Å². The van der Waals surface area contributed by atoms with Gasteiger partial charge in [-0.05, 0) is 5.41 Å². The SMILES string of the molecule is CC(C)(C)C(O)CN1CCN(CC#N)CC1. The molecule has 0 radical (unpaired) electrons. The number of nitrogens with zero attached hydrogens (tertiary/aromatic N) is 3. The van der Waals surface area contributed by atoms with Crippen LogP contribution in [0.4, 0.5) is 0 Å². The summed E-state index contributed by atoms with van der Waals surface area (Å²) in [5, 5.41) is 18.6. The van der Waals surface area contributed by atoms with Crippen molar-refractivity contribution in [3.8, 4) is 6.07 Å². The molecule has 1 rings (SSSR count). The summed E-state index contributed by atoms with van der Waals surface area (Å²) in [7, 11) is 0. The quantitative estimate of drug-likeness (QED) is 0.712. The van der Waals surface area contributed by atoms with Gasteiger partial charge in [-0.3, -0.25) is 9.80 Å². The Hall–Kier alpha value is -0.630. The fourth-order valence-corrected chi connectivity index (χ4v) is 1.75. The average molecular weight is 225 g/mol. The molecule has 1 heterocycles. The van der Waals surface area contributed by atoms with E-state index in [4.69, 9.17) is 5.26 Å². The maximum Gasteiger partial charge on any atom is 0.0866 e. The van der Waals surface area contributed by atoms with Crippen molar-refractivity contribution in [1.29, 1.82) is 5.26 Å². The van der Waals surface area contributed by atoms with Gasteiger partial charge < -0.3 is 5.11 Å². The lowest BCUT2D eigenvalue weighted by molar-refractivity contribution is 0.0149. The molecule has 0 aromatic rings. The number of nitriles is 1. The van der Waals surface area contributed by atoms with Crippen LogP contribution in [-0.4, -0.2) is 60.3 Å². The Morgan fingerprint density at radius 3 is 2.12 bits per heavy atom. The molecular formula is C12H23N3O. The summed E-state index contributed by atoms with van der Waals surface area (Å²) in [5.41, 5.74) is -0.0518. The molecule has 1 aliphatic heterocycles. The molecule has 0 spiro atoms. The number of β-amino-alcohol motifs (C(OH)–C–C–N with tert-alkyl or cyclic N) is 1. The molecule has 1 saturated heterocycles. The summed E-state index contributed by atoms with van der Waals surface area (Å²) in [5.74, 6) is 0. The third-order valence-corrected chi connectivity index (χ3v) is 3.19. The fourth-order valence-electron chi connectivity index (χ4n) is 1.75. The van der Waals surface area contributed by atoms with E-state index in [0.717, 1.165) is 32.7 Å². The molecule has 0 bridgehead atoms. The van der Waals surface area contributed by atoms with E-state index in [1.54, 1.807) is 0 Å². The van der Waals surface area contributed by atoms with Crippen LogP contribution in [0.25, 0.3) is 0 Å². The molecule has 0 aromatic carbocycles. The third kappa shape index (κ3) is 4.09. The Morgan fingerprint density at radius 1 is 1.19 bits per heavy atom. The van der Waals surface area contributed by atoms with Crippen LogP contribution < -0.4 is 0 Å². The van der Waals surface area contributed by atoms with Gasteiger partial charge in [-0.1, -0.05) is 20.8 Å². The van der Waals surface area contributed by atoms with Gasteiger partial charge in [-0.25, -0.2) is 0 Å². The second-order valence-corrected chi connectivity index (χ2v) is 5.62. The smallest absolute Gasteiger partial charge is 0.0866 e.